The molecule has 4 aromatic carbocycles. The zero-order chi connectivity index (χ0) is 25.9. The van der Waals surface area contributed by atoms with Gasteiger partial charge in [0, 0.05) is 44.4 Å². The molecule has 4 aromatic heterocycles. The number of nitrogens with zero attached hydrogens (tertiary/aromatic N) is 4. The third kappa shape index (κ3) is 3.50. The Labute approximate surface area is 226 Å². The summed E-state index contributed by atoms with van der Waals surface area (Å²) in [5, 5.41) is 4.28. The van der Waals surface area contributed by atoms with Gasteiger partial charge in [-0.2, -0.15) is 0 Å². The van der Waals surface area contributed by atoms with Crippen LogP contribution in [0.1, 0.15) is 0 Å². The fourth-order valence-corrected chi connectivity index (χ4v) is 5.34. The molecule has 6 nitrogen and oxygen atoms in total. The van der Waals surface area contributed by atoms with E-state index in [1.54, 1.807) is 12.3 Å². The van der Waals surface area contributed by atoms with Crippen LogP contribution in [0.2, 0.25) is 5.02 Å². The minimum Gasteiger partial charge on any atom is -0.456 e. The Morgan fingerprint density at radius 1 is 0.538 bits per heavy atom. The van der Waals surface area contributed by atoms with Crippen molar-refractivity contribution in [2.45, 2.75) is 0 Å². The smallest absolute Gasteiger partial charge is 0.227 e. The number of benzene rings is 4. The van der Waals surface area contributed by atoms with Gasteiger partial charge in [0.05, 0.1) is 5.02 Å². The molecular weight excluding hydrogens is 508 g/mol. The highest BCUT2D eigenvalue weighted by molar-refractivity contribution is 6.35. The molecule has 0 spiro atoms. The predicted molar refractivity (Wildman–Crippen MR) is 153 cm³/mol. The average molecular weight is 525 g/mol. The summed E-state index contributed by atoms with van der Waals surface area (Å²) in [7, 11) is 0. The maximum absolute atomic E-state index is 6.84. The molecule has 4 heterocycles. The first-order valence-corrected chi connectivity index (χ1v) is 12.8. The summed E-state index contributed by atoms with van der Waals surface area (Å²) in [4.78, 5) is 19.1. The van der Waals surface area contributed by atoms with Gasteiger partial charge >= 0.3 is 0 Å². The van der Waals surface area contributed by atoms with Crippen LogP contribution in [-0.4, -0.2) is 19.9 Å². The van der Waals surface area contributed by atoms with Gasteiger partial charge in [-0.3, -0.25) is 0 Å². The van der Waals surface area contributed by atoms with Crippen LogP contribution in [0.4, 0.5) is 0 Å². The fourth-order valence-electron chi connectivity index (χ4n) is 5.09. The molecule has 0 radical (unpaired) electrons. The number of rotatable bonds is 3. The zero-order valence-corrected chi connectivity index (χ0v) is 21.1. The monoisotopic (exact) mass is 524 g/mol. The van der Waals surface area contributed by atoms with Gasteiger partial charge in [0.15, 0.2) is 17.5 Å². The SMILES string of the molecule is Clc1ccc2oc3ncccc3c2c1-c1nc(-c2ccccc2)nc(-c2ccc3c(c2)oc2ccccc23)n1. The molecule has 0 saturated heterocycles. The van der Waals surface area contributed by atoms with Crippen LogP contribution in [0.5, 0.6) is 0 Å². The van der Waals surface area contributed by atoms with E-state index in [-0.39, 0.29) is 0 Å². The predicted octanol–water partition coefficient (Wildman–Crippen LogP) is 8.72. The number of halogens is 1. The lowest BCUT2D eigenvalue weighted by Gasteiger charge is -2.10. The summed E-state index contributed by atoms with van der Waals surface area (Å²) in [6.07, 6.45) is 1.70. The third-order valence-corrected chi connectivity index (χ3v) is 7.21. The van der Waals surface area contributed by atoms with Crippen molar-refractivity contribution in [1.29, 1.82) is 0 Å². The molecule has 0 amide bonds. The molecule has 7 heteroatoms. The minimum atomic E-state index is 0.450. The number of para-hydroxylation sites is 1. The number of aromatic nitrogens is 4. The van der Waals surface area contributed by atoms with E-state index in [0.29, 0.717) is 39.4 Å². The first-order chi connectivity index (χ1) is 19.2. The Morgan fingerprint density at radius 3 is 2.18 bits per heavy atom. The summed E-state index contributed by atoms with van der Waals surface area (Å²) in [5.41, 5.74) is 5.15. The molecule has 0 fully saturated rings. The van der Waals surface area contributed by atoms with Gasteiger partial charge in [-0.05, 0) is 42.5 Å². The fraction of sp³-hybridized carbons (Fsp3) is 0. The number of hydrogen-bond donors (Lipinski definition) is 0. The molecule has 0 unspecified atom stereocenters. The number of furan rings is 2. The van der Waals surface area contributed by atoms with Gasteiger partial charge < -0.3 is 8.83 Å². The molecule has 39 heavy (non-hydrogen) atoms. The molecule has 0 N–H and O–H groups in total. The lowest BCUT2D eigenvalue weighted by molar-refractivity contribution is 0.654. The van der Waals surface area contributed by atoms with Crippen LogP contribution < -0.4 is 0 Å². The van der Waals surface area contributed by atoms with Crippen LogP contribution in [0.3, 0.4) is 0 Å². The van der Waals surface area contributed by atoms with Crippen molar-refractivity contribution in [2.75, 3.05) is 0 Å². The maximum Gasteiger partial charge on any atom is 0.227 e. The van der Waals surface area contributed by atoms with Crippen molar-refractivity contribution in [2.24, 2.45) is 0 Å². The van der Waals surface area contributed by atoms with Crippen LogP contribution in [-0.2, 0) is 0 Å². The molecule has 0 aliphatic carbocycles. The van der Waals surface area contributed by atoms with Gasteiger partial charge in [-0.1, -0.05) is 66.2 Å². The van der Waals surface area contributed by atoms with E-state index in [1.807, 2.05) is 84.9 Å². The van der Waals surface area contributed by atoms with E-state index in [1.165, 1.54) is 0 Å². The zero-order valence-electron chi connectivity index (χ0n) is 20.3. The van der Waals surface area contributed by atoms with Crippen molar-refractivity contribution in [3.05, 3.63) is 108 Å². The standard InChI is InChI=1S/C32H17ClN4O2/c33-23-14-15-25-27(22-10-6-16-34-32(22)39-25)28(23)31-36-29(18-7-2-1-3-8-18)35-30(37-31)19-12-13-21-20-9-4-5-11-24(20)38-26(21)17-19/h1-17H. The van der Waals surface area contributed by atoms with Crippen LogP contribution >= 0.6 is 11.6 Å². The Bertz CT molecular complexity index is 2200. The summed E-state index contributed by atoms with van der Waals surface area (Å²) < 4.78 is 12.2. The Morgan fingerprint density at radius 2 is 1.28 bits per heavy atom. The Hall–Kier alpha value is -5.07. The Kier molecular flexibility index (Phi) is 4.77. The topological polar surface area (TPSA) is 77.8 Å². The van der Waals surface area contributed by atoms with Crippen LogP contribution in [0.15, 0.2) is 112 Å². The summed E-state index contributed by atoms with van der Waals surface area (Å²) in [6, 6.07) is 31.4. The van der Waals surface area contributed by atoms with Crippen molar-refractivity contribution >= 4 is 55.6 Å². The van der Waals surface area contributed by atoms with Crippen molar-refractivity contribution in [3.63, 3.8) is 0 Å². The van der Waals surface area contributed by atoms with E-state index in [0.717, 1.165) is 43.8 Å². The molecule has 0 aliphatic heterocycles. The molecule has 8 rings (SSSR count). The number of fused-ring (bicyclic) bond motifs is 6. The summed E-state index contributed by atoms with van der Waals surface area (Å²) in [5.74, 6) is 1.50. The first kappa shape index (κ1) is 22.0. The van der Waals surface area contributed by atoms with Crippen molar-refractivity contribution in [3.8, 4) is 34.2 Å². The first-order valence-electron chi connectivity index (χ1n) is 12.4. The maximum atomic E-state index is 6.84. The molecule has 184 valence electrons. The molecule has 0 bridgehead atoms. The van der Waals surface area contributed by atoms with Gasteiger partial charge in [0.25, 0.3) is 0 Å². The second-order valence-electron chi connectivity index (χ2n) is 9.24. The van der Waals surface area contributed by atoms with E-state index < -0.39 is 0 Å². The van der Waals surface area contributed by atoms with E-state index in [2.05, 4.69) is 11.1 Å². The highest BCUT2D eigenvalue weighted by atomic mass is 35.5. The second kappa shape index (κ2) is 8.48. The number of hydrogen-bond acceptors (Lipinski definition) is 6. The highest BCUT2D eigenvalue weighted by Crippen LogP contribution is 2.40. The van der Waals surface area contributed by atoms with Gasteiger partial charge in [-0.25, -0.2) is 19.9 Å². The highest BCUT2D eigenvalue weighted by Gasteiger charge is 2.21. The van der Waals surface area contributed by atoms with Crippen molar-refractivity contribution in [1.82, 2.24) is 19.9 Å². The molecular formula is C32H17ClN4O2. The lowest BCUT2D eigenvalue weighted by Crippen LogP contribution is -2.00. The molecule has 0 atom stereocenters. The van der Waals surface area contributed by atoms with Crippen molar-refractivity contribution < 1.29 is 8.83 Å². The molecule has 0 aliphatic rings. The summed E-state index contributed by atoms with van der Waals surface area (Å²) >= 11 is 6.84. The quantitative estimate of drug-likeness (QED) is 0.230. The number of pyridine rings is 1. The van der Waals surface area contributed by atoms with Gasteiger partial charge in [-0.15, -0.1) is 0 Å². The van der Waals surface area contributed by atoms with Crippen LogP contribution in [0.25, 0.3) is 78.2 Å². The average Bonchev–Trinajstić information content (AvgIpc) is 3.55. The summed E-state index contributed by atoms with van der Waals surface area (Å²) in [6.45, 7) is 0. The lowest BCUT2D eigenvalue weighted by atomic mass is 10.1. The van der Waals surface area contributed by atoms with Gasteiger partial charge in [0.2, 0.25) is 5.71 Å². The minimum absolute atomic E-state index is 0.450. The van der Waals surface area contributed by atoms with E-state index >= 15 is 0 Å². The second-order valence-corrected chi connectivity index (χ2v) is 9.64. The van der Waals surface area contributed by atoms with E-state index in [9.17, 15) is 0 Å². The third-order valence-electron chi connectivity index (χ3n) is 6.89. The van der Waals surface area contributed by atoms with Gasteiger partial charge in [0.1, 0.15) is 16.7 Å². The Balaban J connectivity index is 1.41. The normalized spacial score (nSPS) is 11.7. The largest absolute Gasteiger partial charge is 0.456 e. The molecule has 8 aromatic rings. The van der Waals surface area contributed by atoms with Crippen LogP contribution in [0, 0.1) is 0 Å². The van der Waals surface area contributed by atoms with E-state index in [4.69, 9.17) is 35.4 Å². The molecule has 0 saturated carbocycles.